The summed E-state index contributed by atoms with van der Waals surface area (Å²) in [5.41, 5.74) is 1.93. The summed E-state index contributed by atoms with van der Waals surface area (Å²) < 4.78 is 22.8. The maximum Gasteiger partial charge on any atom is 0.238 e. The molecule has 10 nitrogen and oxygen atoms in total. The van der Waals surface area contributed by atoms with Crippen LogP contribution in [0.4, 0.5) is 17.5 Å². The average Bonchev–Trinajstić information content (AvgIpc) is 3.11. The molecule has 1 aliphatic rings. The van der Waals surface area contributed by atoms with Gasteiger partial charge >= 0.3 is 0 Å². The van der Waals surface area contributed by atoms with Gasteiger partial charge in [0.05, 0.1) is 11.2 Å². The number of anilines is 3. The smallest absolute Gasteiger partial charge is 0.238 e. The Morgan fingerprint density at radius 2 is 1.85 bits per heavy atom. The standard InChI is InChI=1S/C15H18N8O2S/c16-26(24,25)11-3-1-10(2-4-11)20-14-12-13(19-9-18-12)21-15(22-14)23-7-5-17-6-8-23/h1-4,9,17H,5-8H2,(H2,16,24,25)(H2,18,19,20,21,22). The van der Waals surface area contributed by atoms with E-state index in [9.17, 15) is 8.42 Å². The van der Waals surface area contributed by atoms with Crippen LogP contribution in [0.5, 0.6) is 0 Å². The third-order valence-electron chi connectivity index (χ3n) is 4.12. The molecule has 1 saturated heterocycles. The number of sulfonamides is 1. The van der Waals surface area contributed by atoms with Crippen molar-refractivity contribution in [1.82, 2.24) is 25.3 Å². The summed E-state index contributed by atoms with van der Waals surface area (Å²) in [6.45, 7) is 3.39. The maximum absolute atomic E-state index is 11.4. The lowest BCUT2D eigenvalue weighted by Crippen LogP contribution is -2.44. The molecule has 0 spiro atoms. The van der Waals surface area contributed by atoms with E-state index >= 15 is 0 Å². The number of imidazole rings is 1. The quantitative estimate of drug-likeness (QED) is 0.506. The Bertz CT molecular complexity index is 1030. The number of rotatable bonds is 4. The Morgan fingerprint density at radius 3 is 2.54 bits per heavy atom. The second-order valence-corrected chi connectivity index (χ2v) is 7.47. The van der Waals surface area contributed by atoms with Crippen molar-refractivity contribution in [3.63, 3.8) is 0 Å². The lowest BCUT2D eigenvalue weighted by atomic mass is 10.3. The zero-order chi connectivity index (χ0) is 18.1. The summed E-state index contributed by atoms with van der Waals surface area (Å²) in [5, 5.41) is 11.6. The molecule has 0 bridgehead atoms. The van der Waals surface area contributed by atoms with Crippen LogP contribution in [0.15, 0.2) is 35.5 Å². The molecule has 1 aliphatic heterocycles. The van der Waals surface area contributed by atoms with E-state index in [4.69, 9.17) is 5.14 Å². The Kier molecular flexibility index (Phi) is 4.18. The number of hydrogen-bond donors (Lipinski definition) is 4. The molecule has 26 heavy (non-hydrogen) atoms. The van der Waals surface area contributed by atoms with E-state index in [2.05, 4.69) is 35.5 Å². The molecular weight excluding hydrogens is 356 g/mol. The molecule has 2 aromatic heterocycles. The molecule has 0 unspecified atom stereocenters. The number of nitrogens with one attached hydrogen (secondary N) is 3. The van der Waals surface area contributed by atoms with Gasteiger partial charge in [0.2, 0.25) is 16.0 Å². The highest BCUT2D eigenvalue weighted by Gasteiger charge is 2.17. The predicted octanol–water partition coefficient (Wildman–Crippen LogP) is 0.154. The summed E-state index contributed by atoms with van der Waals surface area (Å²) in [5.74, 6) is 1.18. The number of piperazine rings is 1. The van der Waals surface area contributed by atoms with Crippen molar-refractivity contribution in [3.8, 4) is 0 Å². The molecular formula is C15H18N8O2S. The molecule has 136 valence electrons. The lowest BCUT2D eigenvalue weighted by Gasteiger charge is -2.27. The van der Waals surface area contributed by atoms with Crippen LogP contribution >= 0.6 is 0 Å². The summed E-state index contributed by atoms with van der Waals surface area (Å²) in [6, 6.07) is 6.16. The van der Waals surface area contributed by atoms with Crippen molar-refractivity contribution in [3.05, 3.63) is 30.6 Å². The zero-order valence-corrected chi connectivity index (χ0v) is 14.6. The topological polar surface area (TPSA) is 142 Å². The lowest BCUT2D eigenvalue weighted by molar-refractivity contribution is 0.580. The number of hydrogen-bond acceptors (Lipinski definition) is 8. The third-order valence-corrected chi connectivity index (χ3v) is 5.05. The second-order valence-electron chi connectivity index (χ2n) is 5.90. The number of benzene rings is 1. The molecule has 11 heteroatoms. The van der Waals surface area contributed by atoms with Crippen molar-refractivity contribution >= 4 is 38.6 Å². The minimum Gasteiger partial charge on any atom is -0.340 e. The van der Waals surface area contributed by atoms with Crippen molar-refractivity contribution < 1.29 is 8.42 Å². The first-order chi connectivity index (χ1) is 12.5. The molecule has 0 saturated carbocycles. The fourth-order valence-corrected chi connectivity index (χ4v) is 3.30. The summed E-state index contributed by atoms with van der Waals surface area (Å²) in [4.78, 5) is 18.6. The number of aromatic nitrogens is 4. The molecule has 0 radical (unpaired) electrons. The normalized spacial score (nSPS) is 15.3. The molecule has 5 N–H and O–H groups in total. The number of fused-ring (bicyclic) bond motifs is 1. The fraction of sp³-hybridized carbons (Fsp3) is 0.267. The summed E-state index contributed by atoms with van der Waals surface area (Å²) in [7, 11) is -3.72. The Labute approximate surface area is 149 Å². The zero-order valence-electron chi connectivity index (χ0n) is 13.8. The molecule has 0 aliphatic carbocycles. The van der Waals surface area contributed by atoms with Crippen LogP contribution < -0.4 is 20.7 Å². The van der Waals surface area contributed by atoms with Gasteiger partial charge in [-0.1, -0.05) is 0 Å². The van der Waals surface area contributed by atoms with Gasteiger partial charge in [-0.3, -0.25) is 0 Å². The molecule has 0 amide bonds. The molecule has 4 rings (SSSR count). The first-order valence-electron chi connectivity index (χ1n) is 8.07. The van der Waals surface area contributed by atoms with Gasteiger partial charge in [0.1, 0.15) is 5.52 Å². The van der Waals surface area contributed by atoms with Gasteiger partial charge < -0.3 is 20.5 Å². The molecule has 1 fully saturated rings. The van der Waals surface area contributed by atoms with Crippen LogP contribution in [-0.2, 0) is 10.0 Å². The fourth-order valence-electron chi connectivity index (χ4n) is 2.78. The molecule has 0 atom stereocenters. The van der Waals surface area contributed by atoms with Crippen molar-refractivity contribution in [2.45, 2.75) is 4.90 Å². The Balaban J connectivity index is 1.67. The second kappa shape index (κ2) is 6.52. The monoisotopic (exact) mass is 374 g/mol. The highest BCUT2D eigenvalue weighted by molar-refractivity contribution is 7.89. The average molecular weight is 374 g/mol. The Morgan fingerprint density at radius 1 is 1.12 bits per heavy atom. The molecule has 3 heterocycles. The van der Waals surface area contributed by atoms with E-state index in [1.165, 1.54) is 12.1 Å². The van der Waals surface area contributed by atoms with Crippen LogP contribution in [0.2, 0.25) is 0 Å². The summed E-state index contributed by atoms with van der Waals surface area (Å²) in [6.07, 6.45) is 1.57. The van der Waals surface area contributed by atoms with Crippen LogP contribution in [0.3, 0.4) is 0 Å². The van der Waals surface area contributed by atoms with Gasteiger partial charge in [-0.15, -0.1) is 0 Å². The SMILES string of the molecule is NS(=O)(=O)c1ccc(Nc2nc(N3CCNCC3)nc3nc[nH]c23)cc1. The van der Waals surface area contributed by atoms with E-state index < -0.39 is 10.0 Å². The largest absolute Gasteiger partial charge is 0.340 e. The van der Waals surface area contributed by atoms with E-state index in [1.807, 2.05) is 0 Å². The predicted molar refractivity (Wildman–Crippen MR) is 97.9 cm³/mol. The van der Waals surface area contributed by atoms with E-state index in [0.717, 1.165) is 26.2 Å². The van der Waals surface area contributed by atoms with Gasteiger partial charge in [-0.2, -0.15) is 9.97 Å². The van der Waals surface area contributed by atoms with Gasteiger partial charge in [-0.25, -0.2) is 18.5 Å². The van der Waals surface area contributed by atoms with Crippen molar-refractivity contribution in [2.75, 3.05) is 36.4 Å². The molecule has 1 aromatic carbocycles. The minimum absolute atomic E-state index is 0.0546. The number of H-pyrrole nitrogens is 1. The highest BCUT2D eigenvalue weighted by atomic mass is 32.2. The van der Waals surface area contributed by atoms with Crippen molar-refractivity contribution in [2.24, 2.45) is 5.14 Å². The van der Waals surface area contributed by atoms with Gasteiger partial charge in [0.25, 0.3) is 0 Å². The third kappa shape index (κ3) is 3.31. The first-order valence-corrected chi connectivity index (χ1v) is 9.62. The van der Waals surface area contributed by atoms with Crippen molar-refractivity contribution in [1.29, 1.82) is 0 Å². The first kappa shape index (κ1) is 16.7. The Hall–Kier alpha value is -2.76. The molecule has 3 aromatic rings. The van der Waals surface area contributed by atoms with Crippen LogP contribution in [0, 0.1) is 0 Å². The van der Waals surface area contributed by atoms with Gasteiger partial charge in [0, 0.05) is 31.9 Å². The number of aromatic amines is 1. The number of nitrogens with zero attached hydrogens (tertiary/aromatic N) is 4. The maximum atomic E-state index is 11.4. The van der Waals surface area contributed by atoms with Gasteiger partial charge in [-0.05, 0) is 24.3 Å². The minimum atomic E-state index is -3.72. The highest BCUT2D eigenvalue weighted by Crippen LogP contribution is 2.25. The number of primary sulfonamides is 1. The van der Waals surface area contributed by atoms with E-state index in [-0.39, 0.29) is 4.90 Å². The van der Waals surface area contributed by atoms with E-state index in [1.54, 1.807) is 18.5 Å². The van der Waals surface area contributed by atoms with Crippen LogP contribution in [-0.4, -0.2) is 54.5 Å². The summed E-state index contributed by atoms with van der Waals surface area (Å²) >= 11 is 0. The number of nitrogens with two attached hydrogens (primary N) is 1. The van der Waals surface area contributed by atoms with Crippen LogP contribution in [0.25, 0.3) is 11.2 Å². The van der Waals surface area contributed by atoms with Gasteiger partial charge in [0.15, 0.2) is 11.5 Å². The van der Waals surface area contributed by atoms with Crippen LogP contribution in [0.1, 0.15) is 0 Å². The van der Waals surface area contributed by atoms with E-state index in [0.29, 0.717) is 28.6 Å².